The molecular weight excluding hydrogens is 662 g/mol. The van der Waals surface area contributed by atoms with Gasteiger partial charge in [0.05, 0.1) is 19.8 Å². The van der Waals surface area contributed by atoms with Crippen LogP contribution in [0.5, 0.6) is 17.2 Å². The van der Waals surface area contributed by atoms with E-state index < -0.39 is 11.5 Å². The Labute approximate surface area is 308 Å². The molecule has 1 fully saturated rings. The summed E-state index contributed by atoms with van der Waals surface area (Å²) in [6.07, 6.45) is 9.73. The molecule has 8 nitrogen and oxygen atoms in total. The van der Waals surface area contributed by atoms with Crippen LogP contribution in [-0.2, 0) is 23.1 Å². The highest BCUT2D eigenvalue weighted by atomic mass is 35.5. The number of nitrogens with one attached hydrogen (secondary N) is 1. The van der Waals surface area contributed by atoms with Crippen LogP contribution in [0.1, 0.15) is 94.0 Å². The van der Waals surface area contributed by atoms with Crippen molar-refractivity contribution in [2.75, 3.05) is 45.3 Å². The number of aromatic nitrogens is 1. The second-order valence-corrected chi connectivity index (χ2v) is 16.4. The van der Waals surface area contributed by atoms with Gasteiger partial charge in [0.2, 0.25) is 0 Å². The molecule has 2 N–H and O–H groups in total. The van der Waals surface area contributed by atoms with Crippen molar-refractivity contribution in [2.24, 2.45) is 17.8 Å². The van der Waals surface area contributed by atoms with Gasteiger partial charge in [-0.2, -0.15) is 0 Å². The molecular formula is C42H54ClN3O5. The lowest BCUT2D eigenvalue weighted by atomic mass is 9.59. The summed E-state index contributed by atoms with van der Waals surface area (Å²) in [7, 11) is 2.13. The van der Waals surface area contributed by atoms with Gasteiger partial charge in [-0.15, -0.1) is 0 Å². The van der Waals surface area contributed by atoms with Gasteiger partial charge in [-0.3, -0.25) is 4.98 Å². The fourth-order valence-electron chi connectivity index (χ4n) is 9.48. The Balaban J connectivity index is 1.14. The molecule has 0 amide bonds. The Morgan fingerprint density at radius 1 is 1.14 bits per heavy atom. The summed E-state index contributed by atoms with van der Waals surface area (Å²) in [6.45, 7) is 10.5. The van der Waals surface area contributed by atoms with Crippen LogP contribution >= 0.6 is 11.6 Å². The average Bonchev–Trinajstić information content (AvgIpc) is 3.24. The molecule has 51 heavy (non-hydrogen) atoms. The maximum Gasteiger partial charge on any atom is 0.329 e. The Morgan fingerprint density at radius 3 is 2.63 bits per heavy atom. The van der Waals surface area contributed by atoms with Crippen molar-refractivity contribution >= 4 is 23.3 Å². The predicted molar refractivity (Wildman–Crippen MR) is 202 cm³/mol. The maximum atomic E-state index is 13.0. The SMILES string of the molecule is CCN(C)CC1COc2cc3c(cc2OC1)C1(CCC(Nc2cccc(Cl)c2)(C(=O)O)CC1)C(C[C@@H](C)COc1ccnc2c1[C@H](C)CCC2)C3. The standard InChI is InChI=1S/C42H54ClN3O5/c1-5-46(4)23-29-25-50-37-20-30-19-31(18-27(2)24-49-36-12-17-44-35-11-6-8-28(3)39(35)36)41(34(30)22-38(37)51-26-29)13-15-42(16-14-41,40(47)48)45-33-10-7-9-32(43)21-33/h7,9-10,12,17,20-22,27-29,31,45H,5-6,8,11,13-16,18-19,23-26H2,1-4H3,(H,47,48)/t27-,28-,29?,31?,41?,42?/m1/s1. The molecule has 1 spiro atoms. The van der Waals surface area contributed by atoms with Gasteiger partial charge in [0.15, 0.2) is 11.5 Å². The zero-order valence-corrected chi connectivity index (χ0v) is 31.4. The number of carboxylic acids is 1. The Hall–Kier alpha value is -3.49. The Kier molecular flexibility index (Phi) is 10.5. The number of halogens is 1. The van der Waals surface area contributed by atoms with Crippen LogP contribution < -0.4 is 19.5 Å². The molecule has 1 aromatic heterocycles. The normalized spacial score (nSPS) is 27.4. The van der Waals surface area contributed by atoms with Crippen LogP contribution in [-0.4, -0.2) is 66.5 Å². The minimum Gasteiger partial charge on any atom is -0.493 e. The number of carbonyl (C=O) groups is 1. The van der Waals surface area contributed by atoms with Gasteiger partial charge < -0.3 is 29.5 Å². The highest BCUT2D eigenvalue weighted by Crippen LogP contribution is 2.58. The summed E-state index contributed by atoms with van der Waals surface area (Å²) in [5.41, 5.74) is 4.59. The van der Waals surface area contributed by atoms with Crippen molar-refractivity contribution in [1.29, 1.82) is 0 Å². The number of aryl methyl sites for hydroxylation is 1. The van der Waals surface area contributed by atoms with E-state index in [1.807, 2.05) is 36.5 Å². The third-order valence-electron chi connectivity index (χ3n) is 12.4. The molecule has 1 saturated carbocycles. The summed E-state index contributed by atoms with van der Waals surface area (Å²) in [4.78, 5) is 20.0. The summed E-state index contributed by atoms with van der Waals surface area (Å²) in [6, 6.07) is 13.9. The molecule has 0 radical (unpaired) electrons. The summed E-state index contributed by atoms with van der Waals surface area (Å²) in [5, 5.41) is 14.7. The van der Waals surface area contributed by atoms with Gasteiger partial charge >= 0.3 is 5.97 Å². The molecule has 4 aliphatic rings. The van der Waals surface area contributed by atoms with E-state index in [0.717, 1.165) is 68.1 Å². The highest BCUT2D eigenvalue weighted by molar-refractivity contribution is 6.30. The number of ether oxygens (including phenoxy) is 3. The van der Waals surface area contributed by atoms with E-state index in [4.69, 9.17) is 25.8 Å². The van der Waals surface area contributed by atoms with Gasteiger partial charge in [0.25, 0.3) is 0 Å². The van der Waals surface area contributed by atoms with Crippen LogP contribution in [0.25, 0.3) is 0 Å². The third-order valence-corrected chi connectivity index (χ3v) is 12.6. The van der Waals surface area contributed by atoms with Crippen LogP contribution in [0, 0.1) is 17.8 Å². The summed E-state index contributed by atoms with van der Waals surface area (Å²) >= 11 is 6.30. The first-order valence-corrected chi connectivity index (χ1v) is 19.5. The number of benzene rings is 2. The zero-order chi connectivity index (χ0) is 35.8. The van der Waals surface area contributed by atoms with Crippen LogP contribution in [0.4, 0.5) is 5.69 Å². The van der Waals surface area contributed by atoms with E-state index in [1.54, 1.807) is 0 Å². The molecule has 2 heterocycles. The number of nitrogens with zero attached hydrogens (tertiary/aromatic N) is 2. The van der Waals surface area contributed by atoms with Crippen molar-refractivity contribution in [3.05, 3.63) is 76.1 Å². The van der Waals surface area contributed by atoms with Crippen molar-refractivity contribution in [1.82, 2.24) is 9.88 Å². The quantitative estimate of drug-likeness (QED) is 0.204. The number of fused-ring (bicyclic) bond motifs is 4. The summed E-state index contributed by atoms with van der Waals surface area (Å²) in [5.74, 6) is 3.21. The predicted octanol–water partition coefficient (Wildman–Crippen LogP) is 8.54. The topological polar surface area (TPSA) is 93.2 Å². The monoisotopic (exact) mass is 715 g/mol. The lowest BCUT2D eigenvalue weighted by molar-refractivity contribution is -0.144. The van der Waals surface area contributed by atoms with E-state index in [1.165, 1.54) is 35.2 Å². The number of pyridine rings is 1. The van der Waals surface area contributed by atoms with E-state index in [9.17, 15) is 9.90 Å². The first kappa shape index (κ1) is 35.9. The molecule has 4 atom stereocenters. The van der Waals surface area contributed by atoms with Crippen LogP contribution in [0.2, 0.25) is 5.02 Å². The maximum absolute atomic E-state index is 13.0. The second-order valence-electron chi connectivity index (χ2n) is 16.0. The molecule has 274 valence electrons. The molecule has 1 aliphatic heterocycles. The van der Waals surface area contributed by atoms with E-state index in [-0.39, 0.29) is 11.3 Å². The lowest BCUT2D eigenvalue weighted by Gasteiger charge is -2.47. The molecule has 2 aromatic carbocycles. The molecule has 7 rings (SSSR count). The minimum absolute atomic E-state index is 0.171. The van der Waals surface area contributed by atoms with E-state index in [2.05, 4.69) is 55.2 Å². The molecule has 0 bridgehead atoms. The molecule has 3 aromatic rings. The average molecular weight is 716 g/mol. The van der Waals surface area contributed by atoms with Crippen molar-refractivity contribution < 1.29 is 24.1 Å². The first-order valence-electron chi connectivity index (χ1n) is 19.1. The third kappa shape index (κ3) is 7.28. The lowest BCUT2D eigenvalue weighted by Crippen LogP contribution is -2.53. The smallest absolute Gasteiger partial charge is 0.329 e. The number of hydrogen-bond acceptors (Lipinski definition) is 7. The number of aliphatic carboxylic acids is 1. The Morgan fingerprint density at radius 2 is 1.90 bits per heavy atom. The minimum atomic E-state index is -1.07. The van der Waals surface area contributed by atoms with E-state index in [0.29, 0.717) is 55.4 Å². The van der Waals surface area contributed by atoms with Crippen LogP contribution in [0.15, 0.2) is 48.7 Å². The molecule has 2 unspecified atom stereocenters. The van der Waals surface area contributed by atoms with Gasteiger partial charge in [-0.1, -0.05) is 38.4 Å². The molecule has 3 aliphatic carbocycles. The number of anilines is 1. The fourth-order valence-corrected chi connectivity index (χ4v) is 9.67. The van der Waals surface area contributed by atoms with Gasteiger partial charge in [-0.05, 0) is 142 Å². The number of hydrogen-bond donors (Lipinski definition) is 2. The Bertz CT molecular complexity index is 1720. The number of rotatable bonds is 11. The first-order chi connectivity index (χ1) is 24.6. The van der Waals surface area contributed by atoms with Crippen molar-refractivity contribution in [3.8, 4) is 17.2 Å². The highest BCUT2D eigenvalue weighted by Gasteiger charge is 2.54. The zero-order valence-electron chi connectivity index (χ0n) is 30.7. The number of carboxylic acid groups (broad SMARTS) is 1. The van der Waals surface area contributed by atoms with E-state index >= 15 is 0 Å². The van der Waals surface area contributed by atoms with Gasteiger partial charge in [0, 0.05) is 40.6 Å². The van der Waals surface area contributed by atoms with Crippen molar-refractivity contribution in [2.45, 2.75) is 95.4 Å². The van der Waals surface area contributed by atoms with Crippen molar-refractivity contribution in [3.63, 3.8) is 0 Å². The van der Waals surface area contributed by atoms with Crippen LogP contribution in [0.3, 0.4) is 0 Å². The fraction of sp³-hybridized carbons (Fsp3) is 0.571. The second kappa shape index (κ2) is 14.9. The summed E-state index contributed by atoms with van der Waals surface area (Å²) < 4.78 is 19.5. The van der Waals surface area contributed by atoms with Gasteiger partial charge in [-0.25, -0.2) is 4.79 Å². The molecule has 9 heteroatoms. The largest absolute Gasteiger partial charge is 0.493 e. The van der Waals surface area contributed by atoms with Gasteiger partial charge in [0.1, 0.15) is 11.3 Å². The molecule has 0 saturated heterocycles.